The first-order valence-electron chi connectivity index (χ1n) is 6.29. The Morgan fingerprint density at radius 1 is 1.47 bits per heavy atom. The van der Waals surface area contributed by atoms with Gasteiger partial charge >= 0.3 is 0 Å². The summed E-state index contributed by atoms with van der Waals surface area (Å²) in [6.07, 6.45) is 2.96. The van der Waals surface area contributed by atoms with Crippen molar-refractivity contribution >= 4 is 33.2 Å². The summed E-state index contributed by atoms with van der Waals surface area (Å²) in [5.41, 5.74) is 0.710. The van der Waals surface area contributed by atoms with Gasteiger partial charge in [-0.05, 0) is 47.5 Å². The minimum absolute atomic E-state index is 0.0230. The molecule has 0 saturated carbocycles. The lowest BCUT2D eigenvalue weighted by Crippen LogP contribution is -2.25. The van der Waals surface area contributed by atoms with Crippen LogP contribution >= 0.6 is 27.3 Å². The highest BCUT2D eigenvalue weighted by Gasteiger charge is 2.12. The molecule has 0 saturated heterocycles. The SMILES string of the molecule is CCCn1cc(Br)cc1C(=O)NCc1ccc(C)s1. The van der Waals surface area contributed by atoms with Crippen LogP contribution in [0.1, 0.15) is 33.6 Å². The van der Waals surface area contributed by atoms with E-state index in [9.17, 15) is 4.79 Å². The van der Waals surface area contributed by atoms with E-state index in [0.717, 1.165) is 17.4 Å². The molecule has 2 rings (SSSR count). The van der Waals surface area contributed by atoms with Crippen LogP contribution in [0.4, 0.5) is 0 Å². The van der Waals surface area contributed by atoms with Crippen LogP contribution in [0, 0.1) is 6.92 Å². The minimum Gasteiger partial charge on any atom is -0.346 e. The van der Waals surface area contributed by atoms with Crippen molar-refractivity contribution in [3.8, 4) is 0 Å². The standard InChI is InChI=1S/C14H17BrN2OS/c1-3-6-17-9-11(15)7-13(17)14(18)16-8-12-5-4-10(2)19-12/h4-5,7,9H,3,6,8H2,1-2H3,(H,16,18). The van der Waals surface area contributed by atoms with Crippen molar-refractivity contribution in [2.75, 3.05) is 0 Å². The van der Waals surface area contributed by atoms with E-state index in [0.29, 0.717) is 12.2 Å². The molecule has 2 aromatic rings. The fourth-order valence-corrected chi connectivity index (χ4v) is 3.22. The van der Waals surface area contributed by atoms with Crippen LogP contribution in [-0.2, 0) is 13.1 Å². The fourth-order valence-electron chi connectivity index (χ4n) is 1.93. The first-order chi connectivity index (χ1) is 9.10. The van der Waals surface area contributed by atoms with E-state index in [1.165, 1.54) is 9.75 Å². The first kappa shape index (κ1) is 14.3. The molecule has 1 N–H and O–H groups in total. The van der Waals surface area contributed by atoms with Gasteiger partial charge in [-0.2, -0.15) is 0 Å². The molecule has 5 heteroatoms. The average molecular weight is 341 g/mol. The van der Waals surface area contributed by atoms with E-state index in [1.807, 2.05) is 16.8 Å². The van der Waals surface area contributed by atoms with E-state index < -0.39 is 0 Å². The number of nitrogens with one attached hydrogen (secondary N) is 1. The zero-order valence-electron chi connectivity index (χ0n) is 11.1. The summed E-state index contributed by atoms with van der Waals surface area (Å²) >= 11 is 5.14. The van der Waals surface area contributed by atoms with Gasteiger partial charge in [0, 0.05) is 27.0 Å². The molecule has 0 atom stereocenters. The van der Waals surface area contributed by atoms with E-state index in [4.69, 9.17) is 0 Å². The Hall–Kier alpha value is -1.07. The first-order valence-corrected chi connectivity index (χ1v) is 7.90. The summed E-state index contributed by atoms with van der Waals surface area (Å²) in [5, 5.41) is 2.97. The van der Waals surface area contributed by atoms with Crippen molar-refractivity contribution in [2.24, 2.45) is 0 Å². The normalized spacial score (nSPS) is 10.7. The van der Waals surface area contributed by atoms with Crippen molar-refractivity contribution in [3.63, 3.8) is 0 Å². The fraction of sp³-hybridized carbons (Fsp3) is 0.357. The third-order valence-corrected chi connectivity index (χ3v) is 4.21. The van der Waals surface area contributed by atoms with Gasteiger partial charge in [0.15, 0.2) is 0 Å². The van der Waals surface area contributed by atoms with E-state index in [1.54, 1.807) is 11.3 Å². The Labute approximate surface area is 125 Å². The third kappa shape index (κ3) is 3.70. The van der Waals surface area contributed by atoms with Crippen LogP contribution < -0.4 is 5.32 Å². The Balaban J connectivity index is 2.03. The molecule has 102 valence electrons. The summed E-state index contributed by atoms with van der Waals surface area (Å²) in [7, 11) is 0. The molecule has 0 aliphatic heterocycles. The number of aromatic nitrogens is 1. The number of amides is 1. The predicted octanol–water partition coefficient (Wildman–Crippen LogP) is 3.96. The van der Waals surface area contributed by atoms with Gasteiger partial charge in [-0.3, -0.25) is 4.79 Å². The van der Waals surface area contributed by atoms with Gasteiger partial charge < -0.3 is 9.88 Å². The molecule has 0 unspecified atom stereocenters. The summed E-state index contributed by atoms with van der Waals surface area (Å²) in [6.45, 7) is 5.61. The molecule has 0 fully saturated rings. The number of thiophene rings is 1. The van der Waals surface area contributed by atoms with Gasteiger partial charge in [0.2, 0.25) is 0 Å². The number of rotatable bonds is 5. The molecule has 0 radical (unpaired) electrons. The van der Waals surface area contributed by atoms with Crippen LogP contribution in [0.2, 0.25) is 0 Å². The molecular formula is C14H17BrN2OS. The Bertz CT molecular complexity index is 574. The maximum Gasteiger partial charge on any atom is 0.268 e. The van der Waals surface area contributed by atoms with Crippen molar-refractivity contribution in [1.82, 2.24) is 9.88 Å². The van der Waals surface area contributed by atoms with E-state index >= 15 is 0 Å². The third-order valence-electron chi connectivity index (χ3n) is 2.78. The van der Waals surface area contributed by atoms with Crippen LogP contribution in [0.3, 0.4) is 0 Å². The predicted molar refractivity (Wildman–Crippen MR) is 82.6 cm³/mol. The second kappa shape index (κ2) is 6.39. The van der Waals surface area contributed by atoms with Crippen LogP contribution in [-0.4, -0.2) is 10.5 Å². The average Bonchev–Trinajstić information content (AvgIpc) is 2.93. The van der Waals surface area contributed by atoms with Gasteiger partial charge in [-0.1, -0.05) is 6.92 Å². The molecular weight excluding hydrogens is 324 g/mol. The molecule has 3 nitrogen and oxygen atoms in total. The molecule has 0 spiro atoms. The van der Waals surface area contributed by atoms with Gasteiger partial charge in [0.25, 0.3) is 5.91 Å². The molecule has 0 bridgehead atoms. The highest BCUT2D eigenvalue weighted by atomic mass is 79.9. The monoisotopic (exact) mass is 340 g/mol. The summed E-state index contributed by atoms with van der Waals surface area (Å²) in [6, 6.07) is 5.99. The second-order valence-corrected chi connectivity index (χ2v) is 6.72. The smallest absolute Gasteiger partial charge is 0.268 e. The summed E-state index contributed by atoms with van der Waals surface area (Å²) in [5.74, 6) is -0.0230. The highest BCUT2D eigenvalue weighted by molar-refractivity contribution is 9.10. The van der Waals surface area contributed by atoms with Gasteiger partial charge in [-0.25, -0.2) is 0 Å². The Kier molecular flexibility index (Phi) is 4.82. The summed E-state index contributed by atoms with van der Waals surface area (Å²) in [4.78, 5) is 14.6. The highest BCUT2D eigenvalue weighted by Crippen LogP contribution is 2.17. The maximum atomic E-state index is 12.2. The zero-order chi connectivity index (χ0) is 13.8. The number of halogens is 1. The molecule has 1 amide bonds. The maximum absolute atomic E-state index is 12.2. The second-order valence-electron chi connectivity index (χ2n) is 4.43. The molecule has 2 aromatic heterocycles. The van der Waals surface area contributed by atoms with Crippen molar-refractivity contribution in [3.05, 3.63) is 44.3 Å². The number of hydrogen-bond donors (Lipinski definition) is 1. The van der Waals surface area contributed by atoms with Gasteiger partial charge in [0.05, 0.1) is 6.54 Å². The van der Waals surface area contributed by atoms with Crippen molar-refractivity contribution < 1.29 is 4.79 Å². The van der Waals surface area contributed by atoms with Gasteiger partial charge in [0.1, 0.15) is 5.69 Å². The van der Waals surface area contributed by atoms with Gasteiger partial charge in [-0.15, -0.1) is 11.3 Å². The Morgan fingerprint density at radius 3 is 2.89 bits per heavy atom. The molecule has 0 aliphatic carbocycles. The number of carbonyl (C=O) groups excluding carboxylic acids is 1. The lowest BCUT2D eigenvalue weighted by atomic mass is 10.3. The lowest BCUT2D eigenvalue weighted by molar-refractivity contribution is 0.0942. The minimum atomic E-state index is -0.0230. The van der Waals surface area contributed by atoms with Crippen LogP contribution in [0.5, 0.6) is 0 Å². The lowest BCUT2D eigenvalue weighted by Gasteiger charge is -2.07. The van der Waals surface area contributed by atoms with Crippen LogP contribution in [0.15, 0.2) is 28.9 Å². The Morgan fingerprint density at radius 2 is 2.26 bits per heavy atom. The molecule has 0 aliphatic rings. The number of nitrogens with zero attached hydrogens (tertiary/aromatic N) is 1. The van der Waals surface area contributed by atoms with Crippen molar-refractivity contribution in [2.45, 2.75) is 33.4 Å². The number of carbonyl (C=O) groups is 1. The van der Waals surface area contributed by atoms with E-state index in [2.05, 4.69) is 47.2 Å². The topological polar surface area (TPSA) is 34.0 Å². The van der Waals surface area contributed by atoms with E-state index in [-0.39, 0.29) is 5.91 Å². The number of aryl methyl sites for hydroxylation is 2. The van der Waals surface area contributed by atoms with Crippen LogP contribution in [0.25, 0.3) is 0 Å². The molecule has 2 heterocycles. The molecule has 0 aromatic carbocycles. The quantitative estimate of drug-likeness (QED) is 0.878. The molecule has 19 heavy (non-hydrogen) atoms. The summed E-state index contributed by atoms with van der Waals surface area (Å²) < 4.78 is 2.93. The zero-order valence-corrected chi connectivity index (χ0v) is 13.5. The number of hydrogen-bond acceptors (Lipinski definition) is 2. The van der Waals surface area contributed by atoms with Crippen molar-refractivity contribution in [1.29, 1.82) is 0 Å². The largest absolute Gasteiger partial charge is 0.346 e.